The van der Waals surface area contributed by atoms with Gasteiger partial charge in [-0.05, 0) is 29.5 Å². The molecule has 2 aromatic rings. The van der Waals surface area contributed by atoms with E-state index in [4.69, 9.17) is 9.84 Å². The summed E-state index contributed by atoms with van der Waals surface area (Å²) in [7, 11) is 0. The molecule has 1 aromatic carbocycles. The topological polar surface area (TPSA) is 75.6 Å². The van der Waals surface area contributed by atoms with Crippen molar-refractivity contribution in [2.75, 3.05) is 0 Å². The molecule has 0 bridgehead atoms. The first-order valence-corrected chi connectivity index (χ1v) is 7.67. The largest absolute Gasteiger partial charge is 0.481 e. The third-order valence-electron chi connectivity index (χ3n) is 3.10. The number of carbonyl (C=O) groups is 2. The molecule has 0 fully saturated rings. The van der Waals surface area contributed by atoms with Crippen LogP contribution in [0.4, 0.5) is 4.79 Å². The number of aryl methyl sites for hydroxylation is 1. The number of thiophene rings is 1. The Bertz CT molecular complexity index is 639. The van der Waals surface area contributed by atoms with Crippen LogP contribution in [-0.2, 0) is 16.1 Å². The van der Waals surface area contributed by atoms with Crippen molar-refractivity contribution >= 4 is 23.4 Å². The fourth-order valence-electron chi connectivity index (χ4n) is 2.03. The van der Waals surface area contributed by atoms with E-state index in [1.165, 1.54) is 11.3 Å². The van der Waals surface area contributed by atoms with Crippen LogP contribution < -0.4 is 5.32 Å². The average Bonchev–Trinajstić information content (AvgIpc) is 2.91. The maximum Gasteiger partial charge on any atom is 0.407 e. The minimum Gasteiger partial charge on any atom is -0.481 e. The molecular weight excluding hydrogens is 302 g/mol. The fourth-order valence-corrected chi connectivity index (χ4v) is 3.01. The zero-order chi connectivity index (χ0) is 15.9. The molecule has 1 heterocycles. The van der Waals surface area contributed by atoms with E-state index in [9.17, 15) is 9.59 Å². The second-order valence-electron chi connectivity index (χ2n) is 4.82. The minimum absolute atomic E-state index is 0.149. The van der Waals surface area contributed by atoms with Crippen molar-refractivity contribution in [3.8, 4) is 0 Å². The summed E-state index contributed by atoms with van der Waals surface area (Å²) in [5, 5.41) is 13.5. The normalized spacial score (nSPS) is 11.7. The van der Waals surface area contributed by atoms with Crippen molar-refractivity contribution in [2.45, 2.75) is 26.0 Å². The Morgan fingerprint density at radius 3 is 2.59 bits per heavy atom. The van der Waals surface area contributed by atoms with Gasteiger partial charge in [0.1, 0.15) is 6.61 Å². The number of hydrogen-bond acceptors (Lipinski definition) is 4. The average molecular weight is 319 g/mol. The standard InChI is InChI=1S/C16H17NO4S/c1-11-7-8-22-15(11)13(9-14(18)19)17-16(20)21-10-12-5-3-2-4-6-12/h2-8,13H,9-10H2,1H3,(H,17,20)(H,18,19)/t13-/m1/s1. The number of hydrogen-bond donors (Lipinski definition) is 2. The Hall–Kier alpha value is -2.34. The summed E-state index contributed by atoms with van der Waals surface area (Å²) in [5.41, 5.74) is 1.83. The summed E-state index contributed by atoms with van der Waals surface area (Å²) in [6.07, 6.45) is -0.801. The lowest BCUT2D eigenvalue weighted by atomic mass is 10.1. The molecule has 1 amide bonds. The summed E-state index contributed by atoms with van der Waals surface area (Å²) in [6, 6.07) is 10.6. The van der Waals surface area contributed by atoms with Crippen molar-refractivity contribution in [1.82, 2.24) is 5.32 Å². The smallest absolute Gasteiger partial charge is 0.407 e. The van der Waals surface area contributed by atoms with E-state index in [0.717, 1.165) is 16.0 Å². The molecule has 0 spiro atoms. The van der Waals surface area contributed by atoms with Gasteiger partial charge in [-0.2, -0.15) is 0 Å². The Kier molecular flexibility index (Phi) is 5.55. The van der Waals surface area contributed by atoms with E-state index in [-0.39, 0.29) is 13.0 Å². The summed E-state index contributed by atoms with van der Waals surface area (Å²) < 4.78 is 5.14. The second kappa shape index (κ2) is 7.61. The molecule has 0 aliphatic carbocycles. The molecule has 5 nitrogen and oxygen atoms in total. The first-order valence-electron chi connectivity index (χ1n) is 6.79. The van der Waals surface area contributed by atoms with E-state index < -0.39 is 18.1 Å². The molecule has 1 atom stereocenters. The van der Waals surface area contributed by atoms with Crippen LogP contribution in [0.15, 0.2) is 41.8 Å². The molecule has 116 valence electrons. The Balaban J connectivity index is 1.96. The van der Waals surface area contributed by atoms with Crippen LogP contribution in [-0.4, -0.2) is 17.2 Å². The third-order valence-corrected chi connectivity index (χ3v) is 4.23. The number of nitrogens with one attached hydrogen (secondary N) is 1. The Morgan fingerprint density at radius 1 is 1.27 bits per heavy atom. The van der Waals surface area contributed by atoms with Crippen molar-refractivity contribution in [3.05, 3.63) is 57.8 Å². The lowest BCUT2D eigenvalue weighted by Crippen LogP contribution is -2.30. The van der Waals surface area contributed by atoms with Crippen molar-refractivity contribution in [2.24, 2.45) is 0 Å². The highest BCUT2D eigenvalue weighted by Gasteiger charge is 2.21. The molecule has 1 aromatic heterocycles. The number of carbonyl (C=O) groups excluding carboxylic acids is 1. The molecule has 0 radical (unpaired) electrons. The fraction of sp³-hybridized carbons (Fsp3) is 0.250. The van der Waals surface area contributed by atoms with Gasteiger partial charge in [-0.15, -0.1) is 11.3 Å². The second-order valence-corrected chi connectivity index (χ2v) is 5.77. The van der Waals surface area contributed by atoms with Crippen LogP contribution in [0.25, 0.3) is 0 Å². The molecule has 0 unspecified atom stereocenters. The molecule has 22 heavy (non-hydrogen) atoms. The van der Waals surface area contributed by atoms with Crippen molar-refractivity contribution < 1.29 is 19.4 Å². The van der Waals surface area contributed by atoms with Crippen LogP contribution in [0.1, 0.15) is 28.5 Å². The Labute approximate surface area is 132 Å². The maximum absolute atomic E-state index is 11.9. The summed E-state index contributed by atoms with van der Waals surface area (Å²) >= 11 is 1.42. The van der Waals surface area contributed by atoms with Gasteiger partial charge in [-0.1, -0.05) is 30.3 Å². The van der Waals surface area contributed by atoms with Gasteiger partial charge in [-0.25, -0.2) is 4.79 Å². The first kappa shape index (κ1) is 16.0. The van der Waals surface area contributed by atoms with E-state index >= 15 is 0 Å². The predicted molar refractivity (Wildman–Crippen MR) is 83.8 cm³/mol. The number of amides is 1. The molecule has 2 N–H and O–H groups in total. The lowest BCUT2D eigenvalue weighted by molar-refractivity contribution is -0.137. The number of carboxylic acid groups (broad SMARTS) is 1. The van der Waals surface area contributed by atoms with E-state index in [1.807, 2.05) is 48.7 Å². The zero-order valence-corrected chi connectivity index (χ0v) is 12.9. The molecule has 6 heteroatoms. The van der Waals surface area contributed by atoms with E-state index in [1.54, 1.807) is 0 Å². The zero-order valence-electron chi connectivity index (χ0n) is 12.1. The quantitative estimate of drug-likeness (QED) is 0.854. The van der Waals surface area contributed by atoms with Crippen LogP contribution in [0, 0.1) is 6.92 Å². The molecule has 2 rings (SSSR count). The highest BCUT2D eigenvalue weighted by Crippen LogP contribution is 2.26. The van der Waals surface area contributed by atoms with Gasteiger partial charge in [0.05, 0.1) is 12.5 Å². The van der Waals surface area contributed by atoms with Gasteiger partial charge in [0.15, 0.2) is 0 Å². The number of aliphatic carboxylic acids is 1. The SMILES string of the molecule is Cc1ccsc1[C@@H](CC(=O)O)NC(=O)OCc1ccccc1. The number of alkyl carbamates (subject to hydrolysis) is 1. The van der Waals surface area contributed by atoms with Crippen molar-refractivity contribution in [1.29, 1.82) is 0 Å². The Morgan fingerprint density at radius 2 is 2.00 bits per heavy atom. The predicted octanol–water partition coefficient (Wildman–Crippen LogP) is 3.50. The van der Waals surface area contributed by atoms with Crippen LogP contribution >= 0.6 is 11.3 Å². The van der Waals surface area contributed by atoms with Gasteiger partial charge in [0.2, 0.25) is 0 Å². The number of carboxylic acids is 1. The monoisotopic (exact) mass is 319 g/mol. The number of ether oxygens (including phenoxy) is 1. The number of benzene rings is 1. The van der Waals surface area contributed by atoms with E-state index in [0.29, 0.717) is 0 Å². The molecule has 0 aliphatic heterocycles. The summed E-state index contributed by atoms with van der Waals surface area (Å²) in [4.78, 5) is 23.7. The van der Waals surface area contributed by atoms with Crippen LogP contribution in [0.2, 0.25) is 0 Å². The van der Waals surface area contributed by atoms with Crippen LogP contribution in [0.3, 0.4) is 0 Å². The van der Waals surface area contributed by atoms with E-state index in [2.05, 4.69) is 5.32 Å². The van der Waals surface area contributed by atoms with Crippen molar-refractivity contribution in [3.63, 3.8) is 0 Å². The van der Waals surface area contributed by atoms with Gasteiger partial charge >= 0.3 is 12.1 Å². The van der Waals surface area contributed by atoms with Gasteiger partial charge < -0.3 is 15.2 Å². The molecule has 0 saturated heterocycles. The minimum atomic E-state index is -0.971. The van der Waals surface area contributed by atoms with Gasteiger partial charge in [0.25, 0.3) is 0 Å². The number of rotatable bonds is 6. The summed E-state index contributed by atoms with van der Waals surface area (Å²) in [6.45, 7) is 2.04. The molecule has 0 saturated carbocycles. The van der Waals surface area contributed by atoms with Gasteiger partial charge in [-0.3, -0.25) is 4.79 Å². The maximum atomic E-state index is 11.9. The molecular formula is C16H17NO4S. The third kappa shape index (κ3) is 4.60. The first-order chi connectivity index (χ1) is 10.6. The van der Waals surface area contributed by atoms with Gasteiger partial charge in [0, 0.05) is 4.88 Å². The highest BCUT2D eigenvalue weighted by molar-refractivity contribution is 7.10. The molecule has 0 aliphatic rings. The highest BCUT2D eigenvalue weighted by atomic mass is 32.1. The summed E-state index contributed by atoms with van der Waals surface area (Å²) in [5.74, 6) is -0.971. The van der Waals surface area contributed by atoms with Crippen LogP contribution in [0.5, 0.6) is 0 Å². The lowest BCUT2D eigenvalue weighted by Gasteiger charge is -2.16.